The van der Waals surface area contributed by atoms with Gasteiger partial charge in [-0.1, -0.05) is 53.5 Å². The second kappa shape index (κ2) is 7.73. The van der Waals surface area contributed by atoms with Crippen molar-refractivity contribution in [3.63, 3.8) is 0 Å². The fourth-order valence-electron chi connectivity index (χ4n) is 2.69. The zero-order valence-corrected chi connectivity index (χ0v) is 15.1. The fraction of sp³-hybridized carbons (Fsp3) is 0.0952. The molecule has 3 rings (SSSR count). The fourth-order valence-corrected chi connectivity index (χ4v) is 3.09. The van der Waals surface area contributed by atoms with Gasteiger partial charge in [0.1, 0.15) is 12.4 Å². The Labute approximate surface area is 157 Å². The average molecular weight is 371 g/mol. The van der Waals surface area contributed by atoms with Crippen LogP contribution in [0.2, 0.25) is 10.0 Å². The quantitative estimate of drug-likeness (QED) is 0.488. The summed E-state index contributed by atoms with van der Waals surface area (Å²) in [4.78, 5) is 11.6. The van der Waals surface area contributed by atoms with E-state index in [2.05, 4.69) is 0 Å². The van der Waals surface area contributed by atoms with E-state index in [0.717, 1.165) is 28.5 Å². The summed E-state index contributed by atoms with van der Waals surface area (Å²) < 4.78 is 5.90. The molecular weight excluding hydrogens is 355 g/mol. The summed E-state index contributed by atoms with van der Waals surface area (Å²) in [6.07, 6.45) is 0.801. The predicted octanol–water partition coefficient (Wildman–Crippen LogP) is 6.36. The van der Waals surface area contributed by atoms with Gasteiger partial charge in [-0.25, -0.2) is 0 Å². The highest BCUT2D eigenvalue weighted by atomic mass is 35.5. The lowest BCUT2D eigenvalue weighted by Crippen LogP contribution is -2.01. The van der Waals surface area contributed by atoms with Crippen LogP contribution in [0.15, 0.2) is 60.7 Å². The maximum atomic E-state index is 11.6. The van der Waals surface area contributed by atoms with Crippen molar-refractivity contribution in [1.29, 1.82) is 0 Å². The van der Waals surface area contributed by atoms with Gasteiger partial charge < -0.3 is 4.74 Å². The zero-order chi connectivity index (χ0) is 17.8. The largest absolute Gasteiger partial charge is 0.488 e. The third-order valence-electron chi connectivity index (χ3n) is 3.90. The molecule has 0 aliphatic heterocycles. The number of rotatable bonds is 5. The summed E-state index contributed by atoms with van der Waals surface area (Å²) in [5.41, 5.74) is 4.02. The molecule has 3 aromatic rings. The maximum absolute atomic E-state index is 11.6. The van der Waals surface area contributed by atoms with Crippen molar-refractivity contribution in [3.05, 3.63) is 87.4 Å². The molecule has 0 fully saturated rings. The Kier molecular flexibility index (Phi) is 5.42. The van der Waals surface area contributed by atoms with Crippen LogP contribution in [0, 0.1) is 6.92 Å². The van der Waals surface area contributed by atoms with E-state index in [9.17, 15) is 4.79 Å². The number of halogens is 2. The van der Waals surface area contributed by atoms with E-state index in [1.165, 1.54) is 0 Å². The Morgan fingerprint density at radius 3 is 2.48 bits per heavy atom. The summed E-state index contributed by atoms with van der Waals surface area (Å²) in [5, 5.41) is 1.17. The van der Waals surface area contributed by atoms with Crippen LogP contribution in [-0.2, 0) is 6.61 Å². The zero-order valence-electron chi connectivity index (χ0n) is 13.6. The molecule has 4 heteroatoms. The molecule has 0 unspecified atom stereocenters. The van der Waals surface area contributed by atoms with E-state index in [1.54, 1.807) is 24.3 Å². The second-order valence-corrected chi connectivity index (χ2v) is 6.57. The minimum absolute atomic E-state index is 0.403. The van der Waals surface area contributed by atoms with Gasteiger partial charge in [-0.2, -0.15) is 0 Å². The molecular formula is C21H16Cl2O2. The van der Waals surface area contributed by atoms with Gasteiger partial charge in [-0.3, -0.25) is 4.79 Å². The van der Waals surface area contributed by atoms with Gasteiger partial charge in [0, 0.05) is 15.6 Å². The number of hydrogen-bond acceptors (Lipinski definition) is 2. The van der Waals surface area contributed by atoms with Crippen LogP contribution in [0.3, 0.4) is 0 Å². The first-order valence-electron chi connectivity index (χ1n) is 7.80. The van der Waals surface area contributed by atoms with Gasteiger partial charge in [0.05, 0.1) is 5.56 Å². The average Bonchev–Trinajstić information content (AvgIpc) is 2.63. The van der Waals surface area contributed by atoms with Crippen molar-refractivity contribution in [2.45, 2.75) is 13.5 Å². The lowest BCUT2D eigenvalue weighted by molar-refractivity contribution is 0.111. The summed E-state index contributed by atoms with van der Waals surface area (Å²) in [7, 11) is 0. The molecule has 2 nitrogen and oxygen atoms in total. The van der Waals surface area contributed by atoms with Gasteiger partial charge in [0.2, 0.25) is 0 Å². The predicted molar refractivity (Wildman–Crippen MR) is 103 cm³/mol. The smallest absolute Gasteiger partial charge is 0.153 e. The van der Waals surface area contributed by atoms with Gasteiger partial charge in [-0.05, 0) is 53.9 Å². The van der Waals surface area contributed by atoms with E-state index in [-0.39, 0.29) is 0 Å². The second-order valence-electron chi connectivity index (χ2n) is 5.73. The Balaban J connectivity index is 1.96. The molecule has 0 aromatic heterocycles. The monoisotopic (exact) mass is 370 g/mol. The number of benzene rings is 3. The first-order chi connectivity index (χ1) is 12.1. The Morgan fingerprint density at radius 1 is 1.00 bits per heavy atom. The highest BCUT2D eigenvalue weighted by Gasteiger charge is 2.13. The van der Waals surface area contributed by atoms with Gasteiger partial charge >= 0.3 is 0 Å². The molecule has 0 amide bonds. The SMILES string of the molecule is Cc1cc(-c2cc(Cl)ccc2Cl)cc(C=O)c1OCc1ccccc1. The highest BCUT2D eigenvalue weighted by molar-refractivity contribution is 6.35. The minimum atomic E-state index is 0.403. The summed E-state index contributed by atoms with van der Waals surface area (Å²) in [6.45, 7) is 2.31. The molecule has 0 N–H and O–H groups in total. The van der Waals surface area contributed by atoms with Crippen LogP contribution in [0.4, 0.5) is 0 Å². The number of ether oxygens (including phenoxy) is 1. The summed E-state index contributed by atoms with van der Waals surface area (Å²) in [5.74, 6) is 0.584. The number of aryl methyl sites for hydroxylation is 1. The minimum Gasteiger partial charge on any atom is -0.488 e. The lowest BCUT2D eigenvalue weighted by atomic mass is 9.99. The third-order valence-corrected chi connectivity index (χ3v) is 4.46. The topological polar surface area (TPSA) is 26.3 Å². The van der Waals surface area contributed by atoms with Crippen molar-refractivity contribution < 1.29 is 9.53 Å². The number of aldehydes is 1. The van der Waals surface area contributed by atoms with E-state index in [1.807, 2.05) is 43.3 Å². The Morgan fingerprint density at radius 2 is 1.76 bits per heavy atom. The first kappa shape index (κ1) is 17.5. The normalized spacial score (nSPS) is 10.5. The molecule has 0 aliphatic carbocycles. The molecule has 126 valence electrons. The van der Waals surface area contributed by atoms with Crippen LogP contribution < -0.4 is 4.74 Å². The molecule has 0 saturated heterocycles. The number of hydrogen-bond donors (Lipinski definition) is 0. The van der Waals surface area contributed by atoms with Crippen molar-refractivity contribution in [2.75, 3.05) is 0 Å². The van der Waals surface area contributed by atoms with Gasteiger partial charge in [0.15, 0.2) is 6.29 Å². The summed E-state index contributed by atoms with van der Waals surface area (Å²) >= 11 is 12.4. The van der Waals surface area contributed by atoms with Crippen LogP contribution in [-0.4, -0.2) is 6.29 Å². The first-order valence-corrected chi connectivity index (χ1v) is 8.56. The summed E-state index contributed by atoms with van der Waals surface area (Å²) in [6, 6.07) is 18.8. The Hall–Kier alpha value is -2.29. The molecule has 0 heterocycles. The lowest BCUT2D eigenvalue weighted by Gasteiger charge is -2.14. The standard InChI is InChI=1S/C21H16Cl2O2/c1-14-9-16(19-11-18(22)7-8-20(19)23)10-17(12-24)21(14)25-13-15-5-3-2-4-6-15/h2-12H,13H2,1H3. The molecule has 0 atom stereocenters. The molecule has 0 bridgehead atoms. The van der Waals surface area contributed by atoms with Crippen molar-refractivity contribution >= 4 is 29.5 Å². The van der Waals surface area contributed by atoms with Gasteiger partial charge in [0.25, 0.3) is 0 Å². The van der Waals surface area contributed by atoms with E-state index in [0.29, 0.717) is 28.0 Å². The maximum Gasteiger partial charge on any atom is 0.153 e. The highest BCUT2D eigenvalue weighted by Crippen LogP contribution is 2.35. The van der Waals surface area contributed by atoms with Crippen molar-refractivity contribution in [1.82, 2.24) is 0 Å². The van der Waals surface area contributed by atoms with E-state index >= 15 is 0 Å². The molecule has 0 radical (unpaired) electrons. The van der Waals surface area contributed by atoms with Gasteiger partial charge in [-0.15, -0.1) is 0 Å². The van der Waals surface area contributed by atoms with E-state index < -0.39 is 0 Å². The van der Waals surface area contributed by atoms with E-state index in [4.69, 9.17) is 27.9 Å². The Bertz CT molecular complexity index is 905. The van der Waals surface area contributed by atoms with Crippen LogP contribution in [0.1, 0.15) is 21.5 Å². The van der Waals surface area contributed by atoms with Crippen molar-refractivity contribution in [2.24, 2.45) is 0 Å². The van der Waals surface area contributed by atoms with Crippen molar-refractivity contribution in [3.8, 4) is 16.9 Å². The molecule has 0 spiro atoms. The third kappa shape index (κ3) is 4.04. The number of carbonyl (C=O) groups excluding carboxylic acids is 1. The number of carbonyl (C=O) groups is 1. The molecule has 0 saturated carbocycles. The van der Waals surface area contributed by atoms with Crippen LogP contribution >= 0.6 is 23.2 Å². The molecule has 0 aliphatic rings. The van der Waals surface area contributed by atoms with Crippen LogP contribution in [0.5, 0.6) is 5.75 Å². The molecule has 25 heavy (non-hydrogen) atoms. The van der Waals surface area contributed by atoms with Crippen LogP contribution in [0.25, 0.3) is 11.1 Å². The molecule has 3 aromatic carbocycles.